The van der Waals surface area contributed by atoms with Crippen LogP contribution in [0.1, 0.15) is 50.2 Å². The van der Waals surface area contributed by atoms with E-state index in [1.807, 2.05) is 29.2 Å². The molecular formula is C29H30FN5O4S. The Hall–Kier alpha value is -3.78. The van der Waals surface area contributed by atoms with E-state index < -0.39 is 27.1 Å². The Morgan fingerprint density at radius 3 is 2.50 bits per heavy atom. The van der Waals surface area contributed by atoms with Gasteiger partial charge in [-0.15, -0.1) is 0 Å². The molecule has 0 spiro atoms. The molecule has 2 aliphatic carbocycles. The van der Waals surface area contributed by atoms with Crippen molar-refractivity contribution in [1.82, 2.24) is 15.3 Å². The number of oxazole rings is 1. The number of anilines is 1. The summed E-state index contributed by atoms with van der Waals surface area (Å²) < 4.78 is 44.7. The summed E-state index contributed by atoms with van der Waals surface area (Å²) in [5.41, 5.74) is 1.41. The van der Waals surface area contributed by atoms with Crippen LogP contribution in [0, 0.1) is 23.1 Å². The number of nitrogens with one attached hydrogen (secondary N) is 1. The van der Waals surface area contributed by atoms with Gasteiger partial charge in [-0.05, 0) is 49.9 Å². The van der Waals surface area contributed by atoms with E-state index in [4.69, 9.17) is 9.40 Å². The van der Waals surface area contributed by atoms with Gasteiger partial charge in [0, 0.05) is 42.4 Å². The molecule has 40 heavy (non-hydrogen) atoms. The van der Waals surface area contributed by atoms with E-state index in [0.717, 1.165) is 24.1 Å². The average Bonchev–Trinajstić information content (AvgIpc) is 3.60. The SMILES string of the molecule is N#CC1(NC(=O)[C@@H]2CCCC[C@H]2c2oc(-c3ncccc3F)nc2-c2ccc(N3CCS(=O)(=O)CC3)cc2)CC1. The number of amides is 1. The number of halogens is 1. The highest BCUT2D eigenvalue weighted by atomic mass is 32.2. The maximum atomic E-state index is 14.7. The van der Waals surface area contributed by atoms with Gasteiger partial charge in [0.25, 0.3) is 0 Å². The summed E-state index contributed by atoms with van der Waals surface area (Å²) in [6.45, 7) is 0.867. The quantitative estimate of drug-likeness (QED) is 0.472. The van der Waals surface area contributed by atoms with E-state index in [1.54, 1.807) is 0 Å². The van der Waals surface area contributed by atoms with E-state index in [0.29, 0.717) is 50.2 Å². The number of pyridine rings is 1. The molecule has 208 valence electrons. The number of carbonyl (C=O) groups excluding carboxylic acids is 1. The Morgan fingerprint density at radius 2 is 1.82 bits per heavy atom. The van der Waals surface area contributed by atoms with Gasteiger partial charge in [-0.1, -0.05) is 25.0 Å². The molecule has 3 aliphatic rings. The lowest BCUT2D eigenvalue weighted by Crippen LogP contribution is -2.42. The number of rotatable bonds is 6. The zero-order valence-corrected chi connectivity index (χ0v) is 22.8. The molecule has 0 radical (unpaired) electrons. The fourth-order valence-electron chi connectivity index (χ4n) is 5.71. The monoisotopic (exact) mass is 563 g/mol. The lowest BCUT2D eigenvalue weighted by atomic mass is 9.76. The molecule has 1 amide bonds. The predicted molar refractivity (Wildman–Crippen MR) is 146 cm³/mol. The van der Waals surface area contributed by atoms with Crippen molar-refractivity contribution >= 4 is 21.4 Å². The standard InChI is InChI=1S/C29H30FN5O4S/c30-23-6-3-13-32-25(23)28-33-24(19-7-9-20(10-8-19)35-14-16-40(37,38)17-15-35)26(39-28)21-4-1-2-5-22(21)27(36)34-29(18-31)11-12-29/h3,6-10,13,21-22H,1-2,4-5,11-12,14-17H2,(H,34,36)/t21-,22-/m1/s1. The van der Waals surface area contributed by atoms with E-state index in [2.05, 4.69) is 16.4 Å². The van der Waals surface area contributed by atoms with Crippen LogP contribution in [0.25, 0.3) is 22.8 Å². The minimum atomic E-state index is -2.99. The first kappa shape index (κ1) is 26.4. The highest BCUT2D eigenvalue weighted by Gasteiger charge is 2.47. The molecule has 2 saturated carbocycles. The Bertz CT molecular complexity index is 1560. The van der Waals surface area contributed by atoms with Crippen LogP contribution in [0.3, 0.4) is 0 Å². The molecule has 1 N–H and O–H groups in total. The second kappa shape index (κ2) is 10.3. The molecular weight excluding hydrogens is 533 g/mol. The summed E-state index contributed by atoms with van der Waals surface area (Å²) in [7, 11) is -2.99. The summed E-state index contributed by atoms with van der Waals surface area (Å²) in [5.74, 6) is -0.599. The Morgan fingerprint density at radius 1 is 1.10 bits per heavy atom. The highest BCUT2D eigenvalue weighted by molar-refractivity contribution is 7.91. The number of aromatic nitrogens is 2. The van der Waals surface area contributed by atoms with Crippen LogP contribution in [0.15, 0.2) is 47.0 Å². The Kier molecular flexibility index (Phi) is 6.82. The molecule has 1 aromatic carbocycles. The fraction of sp³-hybridized carbons (Fsp3) is 0.448. The topological polar surface area (TPSA) is 129 Å². The minimum Gasteiger partial charge on any atom is -0.439 e. The lowest BCUT2D eigenvalue weighted by molar-refractivity contribution is -0.127. The van der Waals surface area contributed by atoms with Gasteiger partial charge in [0.2, 0.25) is 11.8 Å². The first-order valence-corrected chi connectivity index (χ1v) is 15.5. The van der Waals surface area contributed by atoms with Gasteiger partial charge >= 0.3 is 0 Å². The molecule has 3 heterocycles. The number of sulfone groups is 1. The molecule has 3 fully saturated rings. The summed E-state index contributed by atoms with van der Waals surface area (Å²) in [6.07, 6.45) is 5.93. The van der Waals surface area contributed by atoms with Crippen molar-refractivity contribution < 1.29 is 22.0 Å². The highest BCUT2D eigenvalue weighted by Crippen LogP contribution is 2.45. The van der Waals surface area contributed by atoms with Crippen molar-refractivity contribution in [2.24, 2.45) is 5.92 Å². The van der Waals surface area contributed by atoms with Crippen LogP contribution < -0.4 is 10.2 Å². The minimum absolute atomic E-state index is 0.000582. The van der Waals surface area contributed by atoms with Gasteiger partial charge < -0.3 is 14.6 Å². The zero-order valence-electron chi connectivity index (χ0n) is 22.0. The smallest absolute Gasteiger partial charge is 0.249 e. The van der Waals surface area contributed by atoms with Gasteiger partial charge in [0.15, 0.2) is 21.3 Å². The van der Waals surface area contributed by atoms with Crippen LogP contribution in [0.4, 0.5) is 10.1 Å². The maximum Gasteiger partial charge on any atom is 0.249 e. The molecule has 1 aliphatic heterocycles. The molecule has 3 aromatic rings. The summed E-state index contributed by atoms with van der Waals surface area (Å²) in [5, 5.41) is 12.5. The molecule has 6 rings (SSSR count). The molecule has 1 saturated heterocycles. The first-order chi connectivity index (χ1) is 19.3. The van der Waals surface area contributed by atoms with E-state index >= 15 is 0 Å². The molecule has 9 nitrogen and oxygen atoms in total. The van der Waals surface area contributed by atoms with Gasteiger partial charge in [0.05, 0.1) is 17.6 Å². The van der Waals surface area contributed by atoms with Gasteiger partial charge in [-0.25, -0.2) is 22.8 Å². The fourth-order valence-corrected chi connectivity index (χ4v) is 6.91. The largest absolute Gasteiger partial charge is 0.439 e. The third-order valence-electron chi connectivity index (χ3n) is 8.23. The van der Waals surface area contributed by atoms with Crippen LogP contribution in [0.2, 0.25) is 0 Å². The maximum absolute atomic E-state index is 14.7. The second-order valence-electron chi connectivity index (χ2n) is 10.9. The van der Waals surface area contributed by atoms with E-state index in [9.17, 15) is 22.9 Å². The lowest BCUT2D eigenvalue weighted by Gasteiger charge is -2.30. The number of benzene rings is 1. The van der Waals surface area contributed by atoms with E-state index in [1.165, 1.54) is 18.3 Å². The third-order valence-corrected chi connectivity index (χ3v) is 9.84. The van der Waals surface area contributed by atoms with Gasteiger partial charge in [0.1, 0.15) is 17.0 Å². The Labute approximate surface area is 232 Å². The van der Waals surface area contributed by atoms with Crippen molar-refractivity contribution in [3.8, 4) is 28.9 Å². The summed E-state index contributed by atoms with van der Waals surface area (Å²) in [4.78, 5) is 24.3. The number of nitrogens with zero attached hydrogens (tertiary/aromatic N) is 4. The van der Waals surface area contributed by atoms with E-state index in [-0.39, 0.29) is 34.9 Å². The first-order valence-electron chi connectivity index (χ1n) is 13.7. The van der Waals surface area contributed by atoms with Gasteiger partial charge in [-0.2, -0.15) is 5.26 Å². The van der Waals surface area contributed by atoms with Crippen molar-refractivity contribution in [2.45, 2.75) is 50.0 Å². The van der Waals surface area contributed by atoms with Crippen LogP contribution in [0.5, 0.6) is 0 Å². The molecule has 0 bridgehead atoms. The van der Waals surface area contributed by atoms with Crippen LogP contribution in [-0.4, -0.2) is 54.4 Å². The predicted octanol–water partition coefficient (Wildman–Crippen LogP) is 4.22. The summed E-state index contributed by atoms with van der Waals surface area (Å²) in [6, 6.07) is 12.6. The van der Waals surface area contributed by atoms with Crippen LogP contribution >= 0.6 is 0 Å². The van der Waals surface area contributed by atoms with Crippen molar-refractivity contribution in [3.63, 3.8) is 0 Å². The third kappa shape index (κ3) is 5.20. The number of hydrogen-bond acceptors (Lipinski definition) is 8. The number of carbonyl (C=O) groups is 1. The Balaban J connectivity index is 1.36. The van der Waals surface area contributed by atoms with Gasteiger partial charge in [-0.3, -0.25) is 4.79 Å². The molecule has 11 heteroatoms. The zero-order chi connectivity index (χ0) is 27.9. The van der Waals surface area contributed by atoms with Crippen molar-refractivity contribution in [1.29, 1.82) is 5.26 Å². The average molecular weight is 564 g/mol. The summed E-state index contributed by atoms with van der Waals surface area (Å²) >= 11 is 0. The molecule has 2 aromatic heterocycles. The van der Waals surface area contributed by atoms with Crippen molar-refractivity contribution in [3.05, 3.63) is 54.2 Å². The molecule has 0 unspecified atom stereocenters. The van der Waals surface area contributed by atoms with Crippen LogP contribution in [-0.2, 0) is 14.6 Å². The number of nitriles is 1. The molecule has 2 atom stereocenters. The normalized spacial score (nSPS) is 23.2. The second-order valence-corrected chi connectivity index (χ2v) is 13.2. The number of hydrogen-bond donors (Lipinski definition) is 1. The van der Waals surface area contributed by atoms with Crippen molar-refractivity contribution in [2.75, 3.05) is 29.5 Å².